The van der Waals surface area contributed by atoms with Crippen LogP contribution in [0.3, 0.4) is 0 Å². The van der Waals surface area contributed by atoms with Crippen molar-refractivity contribution in [2.75, 3.05) is 10.6 Å². The summed E-state index contributed by atoms with van der Waals surface area (Å²) in [5, 5.41) is 10.5. The standard InChI is InChI=1S/C19H26N4O/c1-12(2)23-14(4)18(13(3)22-23)21-19(24)20-17-11-7-9-15-8-5-6-10-16(15)17/h7,9,11-12H,5-6,8,10H2,1-4H3,(H2,20,21,24). The van der Waals surface area contributed by atoms with E-state index >= 15 is 0 Å². The Bertz CT molecular complexity index is 761. The van der Waals surface area contributed by atoms with Gasteiger partial charge in [-0.05, 0) is 70.6 Å². The fraction of sp³-hybridized carbons (Fsp3) is 0.474. The van der Waals surface area contributed by atoms with E-state index in [4.69, 9.17) is 0 Å². The molecule has 128 valence electrons. The van der Waals surface area contributed by atoms with Crippen LogP contribution in [0.2, 0.25) is 0 Å². The van der Waals surface area contributed by atoms with Gasteiger partial charge in [0.2, 0.25) is 0 Å². The van der Waals surface area contributed by atoms with E-state index in [0.29, 0.717) is 0 Å². The van der Waals surface area contributed by atoms with Crippen molar-refractivity contribution < 1.29 is 4.79 Å². The molecule has 24 heavy (non-hydrogen) atoms. The molecule has 0 saturated carbocycles. The minimum absolute atomic E-state index is 0.205. The number of aryl methyl sites for hydroxylation is 2. The van der Waals surface area contributed by atoms with Gasteiger partial charge in [0.15, 0.2) is 0 Å². The lowest BCUT2D eigenvalue weighted by molar-refractivity contribution is 0.262. The first-order chi connectivity index (χ1) is 11.5. The molecule has 0 fully saturated rings. The average molecular weight is 326 g/mol. The smallest absolute Gasteiger partial charge is 0.307 e. The van der Waals surface area contributed by atoms with Gasteiger partial charge in [-0.25, -0.2) is 4.79 Å². The van der Waals surface area contributed by atoms with Crippen LogP contribution in [-0.2, 0) is 12.8 Å². The molecule has 0 radical (unpaired) electrons. The quantitative estimate of drug-likeness (QED) is 0.865. The topological polar surface area (TPSA) is 59.0 Å². The zero-order valence-electron chi connectivity index (χ0n) is 14.9. The molecule has 1 heterocycles. The van der Waals surface area contributed by atoms with Crippen LogP contribution in [0.5, 0.6) is 0 Å². The number of hydrogen-bond acceptors (Lipinski definition) is 2. The van der Waals surface area contributed by atoms with Gasteiger partial charge < -0.3 is 10.6 Å². The maximum atomic E-state index is 12.5. The summed E-state index contributed by atoms with van der Waals surface area (Å²) in [6, 6.07) is 6.24. The highest BCUT2D eigenvalue weighted by Gasteiger charge is 2.18. The number of fused-ring (bicyclic) bond motifs is 1. The van der Waals surface area contributed by atoms with E-state index in [1.54, 1.807) is 0 Å². The van der Waals surface area contributed by atoms with Crippen molar-refractivity contribution in [1.29, 1.82) is 0 Å². The number of hydrogen-bond donors (Lipinski definition) is 2. The second-order valence-electron chi connectivity index (χ2n) is 6.81. The van der Waals surface area contributed by atoms with E-state index in [9.17, 15) is 4.79 Å². The molecule has 0 bridgehead atoms. The van der Waals surface area contributed by atoms with E-state index in [1.807, 2.05) is 30.7 Å². The Morgan fingerprint density at radius 1 is 1.17 bits per heavy atom. The van der Waals surface area contributed by atoms with Gasteiger partial charge in [-0.3, -0.25) is 4.68 Å². The Kier molecular flexibility index (Phi) is 4.60. The summed E-state index contributed by atoms with van der Waals surface area (Å²) < 4.78 is 1.94. The zero-order chi connectivity index (χ0) is 17.3. The third-order valence-electron chi connectivity index (χ3n) is 4.70. The molecule has 2 amide bonds. The Balaban J connectivity index is 1.78. The molecule has 0 unspecified atom stereocenters. The van der Waals surface area contributed by atoms with E-state index in [-0.39, 0.29) is 12.1 Å². The maximum absolute atomic E-state index is 12.5. The van der Waals surface area contributed by atoms with Gasteiger partial charge in [-0.2, -0.15) is 5.10 Å². The van der Waals surface area contributed by atoms with Crippen molar-refractivity contribution in [3.8, 4) is 0 Å². The number of urea groups is 1. The number of aromatic nitrogens is 2. The number of carbonyl (C=O) groups excluding carboxylic acids is 1. The Hall–Kier alpha value is -2.30. The van der Waals surface area contributed by atoms with Crippen LogP contribution in [0, 0.1) is 13.8 Å². The summed E-state index contributed by atoms with van der Waals surface area (Å²) in [7, 11) is 0. The number of benzene rings is 1. The lowest BCUT2D eigenvalue weighted by Gasteiger charge is -2.19. The summed E-state index contributed by atoms with van der Waals surface area (Å²) in [5.74, 6) is 0. The zero-order valence-corrected chi connectivity index (χ0v) is 14.9. The first-order valence-corrected chi connectivity index (χ1v) is 8.72. The molecule has 1 aliphatic carbocycles. The fourth-order valence-electron chi connectivity index (χ4n) is 3.51. The molecule has 1 aromatic carbocycles. The molecule has 1 aliphatic rings. The minimum atomic E-state index is -0.205. The average Bonchev–Trinajstić information content (AvgIpc) is 2.83. The molecule has 5 nitrogen and oxygen atoms in total. The normalized spacial score (nSPS) is 13.7. The van der Waals surface area contributed by atoms with Crippen molar-refractivity contribution in [3.63, 3.8) is 0 Å². The Morgan fingerprint density at radius 2 is 1.92 bits per heavy atom. The van der Waals surface area contributed by atoms with Gasteiger partial charge in [0, 0.05) is 11.7 Å². The van der Waals surface area contributed by atoms with Crippen molar-refractivity contribution in [2.45, 2.75) is 59.4 Å². The van der Waals surface area contributed by atoms with E-state index in [0.717, 1.165) is 35.6 Å². The first kappa shape index (κ1) is 16.6. The van der Waals surface area contributed by atoms with Crippen molar-refractivity contribution in [2.24, 2.45) is 0 Å². The first-order valence-electron chi connectivity index (χ1n) is 8.72. The largest absolute Gasteiger partial charge is 0.323 e. The fourth-order valence-corrected chi connectivity index (χ4v) is 3.51. The predicted molar refractivity (Wildman–Crippen MR) is 97.8 cm³/mol. The lowest BCUT2D eigenvalue weighted by atomic mass is 9.90. The van der Waals surface area contributed by atoms with Gasteiger partial charge in [-0.15, -0.1) is 0 Å². The monoisotopic (exact) mass is 326 g/mol. The van der Waals surface area contributed by atoms with Crippen LogP contribution in [0.4, 0.5) is 16.2 Å². The van der Waals surface area contributed by atoms with Crippen molar-refractivity contribution >= 4 is 17.4 Å². The van der Waals surface area contributed by atoms with Gasteiger partial charge in [-0.1, -0.05) is 12.1 Å². The minimum Gasteiger partial charge on any atom is -0.307 e. The lowest BCUT2D eigenvalue weighted by Crippen LogP contribution is -2.22. The van der Waals surface area contributed by atoms with Crippen molar-refractivity contribution in [3.05, 3.63) is 40.7 Å². The highest BCUT2D eigenvalue weighted by molar-refractivity contribution is 6.01. The summed E-state index contributed by atoms with van der Waals surface area (Å²) >= 11 is 0. The third kappa shape index (κ3) is 3.16. The molecule has 0 spiro atoms. The maximum Gasteiger partial charge on any atom is 0.323 e. The molecule has 2 N–H and O–H groups in total. The van der Waals surface area contributed by atoms with E-state index in [1.165, 1.54) is 24.0 Å². The molecule has 0 saturated heterocycles. The second kappa shape index (κ2) is 6.67. The highest BCUT2D eigenvalue weighted by atomic mass is 16.2. The molecule has 0 aliphatic heterocycles. The van der Waals surface area contributed by atoms with Gasteiger partial charge in [0.05, 0.1) is 17.1 Å². The highest BCUT2D eigenvalue weighted by Crippen LogP contribution is 2.28. The predicted octanol–water partition coefficient (Wildman–Crippen LogP) is 4.60. The molecule has 5 heteroatoms. The third-order valence-corrected chi connectivity index (χ3v) is 4.70. The van der Waals surface area contributed by atoms with Crippen LogP contribution >= 0.6 is 0 Å². The summed E-state index contributed by atoms with van der Waals surface area (Å²) in [6.45, 7) is 8.07. The van der Waals surface area contributed by atoms with Gasteiger partial charge >= 0.3 is 6.03 Å². The molecule has 1 aromatic heterocycles. The molecule has 2 aromatic rings. The van der Waals surface area contributed by atoms with Crippen LogP contribution < -0.4 is 10.6 Å². The van der Waals surface area contributed by atoms with Gasteiger partial charge in [0.25, 0.3) is 0 Å². The van der Waals surface area contributed by atoms with Crippen LogP contribution in [0.1, 0.15) is 55.2 Å². The van der Waals surface area contributed by atoms with Crippen LogP contribution in [0.25, 0.3) is 0 Å². The summed E-state index contributed by atoms with van der Waals surface area (Å²) in [4.78, 5) is 12.5. The van der Waals surface area contributed by atoms with E-state index in [2.05, 4.69) is 35.6 Å². The second-order valence-corrected chi connectivity index (χ2v) is 6.81. The molecular weight excluding hydrogens is 300 g/mol. The van der Waals surface area contributed by atoms with Crippen molar-refractivity contribution in [1.82, 2.24) is 9.78 Å². The number of amides is 2. The van der Waals surface area contributed by atoms with Gasteiger partial charge in [0.1, 0.15) is 0 Å². The number of anilines is 2. The summed E-state index contributed by atoms with van der Waals surface area (Å²) in [5.41, 5.74) is 6.19. The molecule has 3 rings (SSSR count). The van der Waals surface area contributed by atoms with Crippen LogP contribution in [0.15, 0.2) is 18.2 Å². The van der Waals surface area contributed by atoms with E-state index < -0.39 is 0 Å². The Labute approximate surface area is 143 Å². The number of carbonyl (C=O) groups is 1. The molecular formula is C19H26N4O. The Morgan fingerprint density at radius 3 is 2.62 bits per heavy atom. The summed E-state index contributed by atoms with van der Waals surface area (Å²) in [6.07, 6.45) is 4.56. The number of nitrogens with zero attached hydrogens (tertiary/aromatic N) is 2. The number of nitrogens with one attached hydrogen (secondary N) is 2. The molecule has 0 atom stereocenters. The SMILES string of the molecule is Cc1nn(C(C)C)c(C)c1NC(=O)Nc1cccc2c1CCCC2. The number of rotatable bonds is 3. The van der Waals surface area contributed by atoms with Crippen LogP contribution in [-0.4, -0.2) is 15.8 Å².